The summed E-state index contributed by atoms with van der Waals surface area (Å²) in [5.41, 5.74) is 9.04. The van der Waals surface area contributed by atoms with Crippen molar-refractivity contribution in [2.24, 2.45) is 5.73 Å². The molecule has 0 bridgehead atoms. The lowest BCUT2D eigenvalue weighted by atomic mass is 9.93. The van der Waals surface area contributed by atoms with Crippen LogP contribution in [0, 0.1) is 5.41 Å². The second kappa shape index (κ2) is 23.4. The van der Waals surface area contributed by atoms with Crippen molar-refractivity contribution >= 4 is 58.6 Å². The fourth-order valence-corrected chi connectivity index (χ4v) is 9.05. The van der Waals surface area contributed by atoms with E-state index >= 15 is 0 Å². The Morgan fingerprint density at radius 2 is 1.39 bits per heavy atom. The number of hydrogen-bond donors (Lipinski definition) is 10. The van der Waals surface area contributed by atoms with Crippen molar-refractivity contribution in [1.82, 2.24) is 47.1 Å². The number of carbonyl (C=O) groups excluding carboxylic acids is 7. The second-order valence-corrected chi connectivity index (χ2v) is 17.4. The fraction of sp³-hybridized carbons (Fsp3) is 0.429. The maximum absolute atomic E-state index is 14.5. The molecular weight excluding hydrogens is 855 g/mol. The Labute approximate surface area is 390 Å². The van der Waals surface area contributed by atoms with Crippen LogP contribution in [0.15, 0.2) is 85.1 Å². The van der Waals surface area contributed by atoms with Gasteiger partial charge in [0.05, 0.1) is 6.04 Å². The molecule has 6 amide bonds. The molecule has 1 saturated heterocycles. The number of nitrogens with one attached hydrogen (secondary N) is 9. The molecule has 18 nitrogen and oxygen atoms in total. The Hall–Kier alpha value is -7.08. The van der Waals surface area contributed by atoms with E-state index in [0.29, 0.717) is 38.6 Å². The van der Waals surface area contributed by atoms with E-state index in [2.05, 4.69) is 42.2 Å². The third-order valence-corrected chi connectivity index (χ3v) is 12.7. The molecule has 1 aromatic heterocycles. The van der Waals surface area contributed by atoms with Crippen LogP contribution in [0.4, 0.5) is 0 Å². The Bertz CT molecular complexity index is 2380. The number of nitrogens with zero attached hydrogens (tertiary/aromatic N) is 1. The standard InChI is InChI=1S/C49H63N11O7/c1-31(62)56-41(25-32-13-4-3-5-14-32)44(64)58-40(46(66)60-24-12-17-36(60)30-61)21-11-22-53-43(63)39(20-10-23-54-48(50)51)57-45(65)42(26-35-29-55-38-19-9-8-18-37(35)38)59-47(67)49(52-2)27-33-15-6-7-16-34(33)28-49/h3-9,13-16,18-19,29-30,36,39-42,52,55H,10-12,17,20-28H2,1-2H3,(H,53,63)(H,56,62)(H,57,65)(H,58,64)(H,59,67)(H4,50,51,54)/t36?,39?,40-,41-,42?/m0/s1. The van der Waals surface area contributed by atoms with Crippen LogP contribution in [0.25, 0.3) is 10.9 Å². The van der Waals surface area contributed by atoms with Gasteiger partial charge >= 0.3 is 0 Å². The summed E-state index contributed by atoms with van der Waals surface area (Å²) in [6.07, 6.45) is 5.59. The van der Waals surface area contributed by atoms with Gasteiger partial charge in [0.1, 0.15) is 36.0 Å². The van der Waals surface area contributed by atoms with Gasteiger partial charge in [-0.2, -0.15) is 0 Å². The minimum atomic E-state index is -1.09. The molecule has 3 aromatic carbocycles. The number of rotatable bonds is 23. The van der Waals surface area contributed by atoms with E-state index < -0.39 is 65.3 Å². The smallest absolute Gasteiger partial charge is 0.245 e. The van der Waals surface area contributed by atoms with Gasteiger partial charge < -0.3 is 57.6 Å². The number of guanidine groups is 1. The SMILES string of the molecule is CNC1(C(=O)NC(Cc2c[nH]c3ccccc23)C(=O)NC(CCCNC(=N)N)C(=O)NCCC[C@H](NC(=O)[C@H](Cc2ccccc2)NC(C)=O)C(=O)N2CCCC2C=O)Cc2ccccc2C1. The van der Waals surface area contributed by atoms with Crippen LogP contribution in [0.3, 0.4) is 0 Å². The number of fused-ring (bicyclic) bond motifs is 2. The van der Waals surface area contributed by atoms with E-state index in [0.717, 1.165) is 39.4 Å². The Balaban J connectivity index is 1.16. The highest BCUT2D eigenvalue weighted by Gasteiger charge is 2.44. The minimum absolute atomic E-state index is 0.0492. The molecule has 1 aliphatic carbocycles. The first kappa shape index (κ1) is 49.4. The van der Waals surface area contributed by atoms with Crippen molar-refractivity contribution in [3.63, 3.8) is 0 Å². The molecule has 6 rings (SSSR count). The summed E-state index contributed by atoms with van der Waals surface area (Å²) in [5.74, 6) is -3.13. The molecule has 18 heteroatoms. The average Bonchev–Trinajstić information content (AvgIpc) is 4.08. The Kier molecular flexibility index (Phi) is 17.2. The van der Waals surface area contributed by atoms with Gasteiger partial charge in [-0.1, -0.05) is 72.8 Å². The van der Waals surface area contributed by atoms with Gasteiger partial charge in [0.15, 0.2) is 5.96 Å². The van der Waals surface area contributed by atoms with Gasteiger partial charge in [-0.15, -0.1) is 0 Å². The fourth-order valence-electron chi connectivity index (χ4n) is 9.05. The molecule has 1 fully saturated rings. The molecule has 1 aliphatic heterocycles. The van der Waals surface area contributed by atoms with Crippen LogP contribution in [-0.2, 0) is 59.2 Å². The highest BCUT2D eigenvalue weighted by molar-refractivity contribution is 5.96. The van der Waals surface area contributed by atoms with Gasteiger partial charge in [-0.3, -0.25) is 34.2 Å². The number of nitrogens with two attached hydrogens (primary N) is 1. The van der Waals surface area contributed by atoms with Crippen molar-refractivity contribution in [2.75, 3.05) is 26.7 Å². The summed E-state index contributed by atoms with van der Waals surface area (Å²) in [4.78, 5) is 99.4. The van der Waals surface area contributed by atoms with Crippen molar-refractivity contribution in [3.8, 4) is 0 Å². The molecule has 11 N–H and O–H groups in total. The Morgan fingerprint density at radius 1 is 0.776 bits per heavy atom. The van der Waals surface area contributed by atoms with Crippen LogP contribution in [0.1, 0.15) is 67.7 Å². The molecular formula is C49H63N11O7. The lowest BCUT2D eigenvalue weighted by molar-refractivity contribution is -0.139. The number of aromatic nitrogens is 1. The summed E-state index contributed by atoms with van der Waals surface area (Å²) in [5, 5.41) is 28.8. The number of aromatic amines is 1. The highest BCUT2D eigenvalue weighted by atomic mass is 16.2. The first-order chi connectivity index (χ1) is 32.3. The zero-order valence-corrected chi connectivity index (χ0v) is 38.1. The van der Waals surface area contributed by atoms with E-state index in [1.165, 1.54) is 11.8 Å². The van der Waals surface area contributed by atoms with Crippen molar-refractivity contribution in [3.05, 3.63) is 107 Å². The Morgan fingerprint density at radius 3 is 2.04 bits per heavy atom. The topological polar surface area (TPSA) is 273 Å². The number of benzene rings is 3. The van der Waals surface area contributed by atoms with E-state index in [4.69, 9.17) is 11.1 Å². The van der Waals surface area contributed by atoms with E-state index in [1.54, 1.807) is 13.2 Å². The molecule has 0 radical (unpaired) electrons. The van der Waals surface area contributed by atoms with Crippen molar-refractivity contribution in [2.45, 2.75) is 107 Å². The lowest BCUT2D eigenvalue weighted by Gasteiger charge is -2.30. The van der Waals surface area contributed by atoms with Gasteiger partial charge in [0.2, 0.25) is 35.4 Å². The summed E-state index contributed by atoms with van der Waals surface area (Å²) in [6.45, 7) is 1.95. The van der Waals surface area contributed by atoms with E-state index in [1.807, 2.05) is 78.9 Å². The first-order valence-electron chi connectivity index (χ1n) is 23.0. The van der Waals surface area contributed by atoms with Gasteiger partial charge in [-0.05, 0) is 73.9 Å². The van der Waals surface area contributed by atoms with Crippen molar-refractivity contribution < 1.29 is 33.6 Å². The van der Waals surface area contributed by atoms with Crippen LogP contribution in [0.5, 0.6) is 0 Å². The summed E-state index contributed by atoms with van der Waals surface area (Å²) in [6, 6.07) is 19.8. The number of hydrogen-bond acceptors (Lipinski definition) is 9. The number of H-pyrrole nitrogens is 1. The number of aldehydes is 1. The zero-order valence-electron chi connectivity index (χ0n) is 38.1. The maximum Gasteiger partial charge on any atom is 0.245 e. The number of carbonyl (C=O) groups is 7. The van der Waals surface area contributed by atoms with Crippen molar-refractivity contribution in [1.29, 1.82) is 5.41 Å². The quantitative estimate of drug-likeness (QED) is 0.0219. The monoisotopic (exact) mass is 917 g/mol. The van der Waals surface area contributed by atoms with Crippen LogP contribution in [0.2, 0.25) is 0 Å². The van der Waals surface area contributed by atoms with Crippen LogP contribution in [-0.4, -0.2) is 120 Å². The molecule has 0 saturated carbocycles. The maximum atomic E-state index is 14.5. The largest absolute Gasteiger partial charge is 0.370 e. The van der Waals surface area contributed by atoms with Gasteiger partial charge in [0, 0.05) is 69.3 Å². The van der Waals surface area contributed by atoms with E-state index in [9.17, 15) is 33.6 Å². The summed E-state index contributed by atoms with van der Waals surface area (Å²) < 4.78 is 0. The number of likely N-dealkylation sites (N-methyl/N-ethyl adjacent to an activating group) is 1. The van der Waals surface area contributed by atoms with Gasteiger partial charge in [-0.25, -0.2) is 0 Å². The lowest BCUT2D eigenvalue weighted by Crippen LogP contribution is -2.62. The van der Waals surface area contributed by atoms with Crippen LogP contribution < -0.4 is 43.0 Å². The molecule has 2 heterocycles. The molecule has 0 spiro atoms. The minimum Gasteiger partial charge on any atom is -0.370 e. The first-order valence-corrected chi connectivity index (χ1v) is 23.0. The molecule has 67 heavy (non-hydrogen) atoms. The van der Waals surface area contributed by atoms with Crippen LogP contribution >= 0.6 is 0 Å². The number of amides is 6. The average molecular weight is 918 g/mol. The third-order valence-electron chi connectivity index (χ3n) is 12.7. The predicted molar refractivity (Wildman–Crippen MR) is 253 cm³/mol. The zero-order chi connectivity index (χ0) is 47.9. The summed E-state index contributed by atoms with van der Waals surface area (Å²) >= 11 is 0. The predicted octanol–water partition coefficient (Wildman–Crippen LogP) is 1.02. The second-order valence-electron chi connectivity index (χ2n) is 17.4. The molecule has 3 unspecified atom stereocenters. The summed E-state index contributed by atoms with van der Waals surface area (Å²) in [7, 11) is 1.73. The number of likely N-dealkylation sites (tertiary alicyclic amines) is 1. The van der Waals surface area contributed by atoms with E-state index in [-0.39, 0.29) is 57.1 Å². The normalized spacial score (nSPS) is 16.7. The molecule has 5 atom stereocenters. The molecule has 4 aromatic rings. The van der Waals surface area contributed by atoms with Gasteiger partial charge in [0.25, 0.3) is 0 Å². The third kappa shape index (κ3) is 13.1. The highest BCUT2D eigenvalue weighted by Crippen LogP contribution is 2.30. The molecule has 356 valence electrons. The molecule has 2 aliphatic rings. The number of para-hydroxylation sites is 1.